The Morgan fingerprint density at radius 3 is 2.52 bits per heavy atom. The summed E-state index contributed by atoms with van der Waals surface area (Å²) < 4.78 is 38.3. The second-order valence-electron chi connectivity index (χ2n) is 6.85. The van der Waals surface area contributed by atoms with E-state index in [2.05, 4.69) is 10.3 Å². The Morgan fingerprint density at radius 2 is 1.90 bits per heavy atom. The first kappa shape index (κ1) is 21.4. The van der Waals surface area contributed by atoms with Gasteiger partial charge in [-0.25, -0.2) is 4.98 Å². The molecule has 1 aromatic heterocycles. The lowest BCUT2D eigenvalue weighted by molar-refractivity contribution is -0.137. The van der Waals surface area contributed by atoms with Gasteiger partial charge in [0.15, 0.2) is 0 Å². The number of carbonyl (C=O) groups is 1. The Kier molecular flexibility index (Phi) is 6.64. The summed E-state index contributed by atoms with van der Waals surface area (Å²) in [6.45, 7) is 4.50. The highest BCUT2D eigenvalue weighted by Gasteiger charge is 2.32. The molecule has 2 aromatic rings. The molecule has 0 saturated carbocycles. The predicted molar refractivity (Wildman–Crippen MR) is 107 cm³/mol. The van der Waals surface area contributed by atoms with E-state index in [1.165, 1.54) is 0 Å². The summed E-state index contributed by atoms with van der Waals surface area (Å²) in [5.74, 6) is 0.241. The minimum absolute atomic E-state index is 0.0257. The van der Waals surface area contributed by atoms with Gasteiger partial charge < -0.3 is 10.2 Å². The van der Waals surface area contributed by atoms with Gasteiger partial charge in [0.2, 0.25) is 5.91 Å². The molecular weight excluding hydrogens is 405 g/mol. The zero-order chi connectivity index (χ0) is 21.0. The molecule has 29 heavy (non-hydrogen) atoms. The van der Waals surface area contributed by atoms with Gasteiger partial charge in [-0.15, -0.1) is 0 Å². The number of pyridine rings is 1. The average molecular weight is 427 g/mol. The fourth-order valence-corrected chi connectivity index (χ4v) is 3.57. The van der Waals surface area contributed by atoms with Crippen molar-refractivity contribution in [1.82, 2.24) is 9.88 Å². The normalized spacial score (nSPS) is 15.4. The van der Waals surface area contributed by atoms with Crippen LogP contribution in [-0.2, 0) is 17.4 Å². The molecule has 9 heteroatoms. The number of benzene rings is 1. The van der Waals surface area contributed by atoms with Gasteiger partial charge in [-0.2, -0.15) is 13.2 Å². The van der Waals surface area contributed by atoms with Gasteiger partial charge in [-0.1, -0.05) is 36.7 Å². The molecular formula is C20H22ClF3N4O. The number of piperazine rings is 1. The molecule has 0 unspecified atom stereocenters. The van der Waals surface area contributed by atoms with Crippen LogP contribution in [0.1, 0.15) is 18.1 Å². The third-order valence-electron chi connectivity index (χ3n) is 4.86. The minimum Gasteiger partial charge on any atom is -0.353 e. The van der Waals surface area contributed by atoms with E-state index in [4.69, 9.17) is 11.6 Å². The summed E-state index contributed by atoms with van der Waals surface area (Å²) in [6, 6.07) is 8.58. The van der Waals surface area contributed by atoms with Crippen molar-refractivity contribution >= 4 is 29.0 Å². The van der Waals surface area contributed by atoms with Crippen LogP contribution >= 0.6 is 11.6 Å². The molecule has 2 heterocycles. The van der Waals surface area contributed by atoms with Crippen LogP contribution in [0.2, 0.25) is 5.02 Å². The van der Waals surface area contributed by atoms with Gasteiger partial charge in [0.1, 0.15) is 5.82 Å². The van der Waals surface area contributed by atoms with E-state index in [0.717, 1.165) is 29.9 Å². The number of amides is 1. The van der Waals surface area contributed by atoms with Crippen LogP contribution < -0.4 is 10.2 Å². The van der Waals surface area contributed by atoms with Gasteiger partial charge in [-0.05, 0) is 24.1 Å². The highest BCUT2D eigenvalue weighted by atomic mass is 35.5. The number of para-hydroxylation sites is 1. The Balaban J connectivity index is 1.55. The van der Waals surface area contributed by atoms with Crippen LogP contribution in [-0.4, -0.2) is 48.5 Å². The lowest BCUT2D eigenvalue weighted by atomic mass is 10.1. The monoisotopic (exact) mass is 426 g/mol. The molecule has 1 aliphatic heterocycles. The third kappa shape index (κ3) is 5.39. The number of aryl methyl sites for hydroxylation is 1. The average Bonchev–Trinajstić information content (AvgIpc) is 2.68. The maximum Gasteiger partial charge on any atom is 0.417 e. The first-order valence-electron chi connectivity index (χ1n) is 9.35. The molecule has 1 aromatic carbocycles. The van der Waals surface area contributed by atoms with Crippen LogP contribution in [0.5, 0.6) is 0 Å². The lowest BCUT2D eigenvalue weighted by Crippen LogP contribution is -2.49. The molecule has 0 spiro atoms. The van der Waals surface area contributed by atoms with E-state index < -0.39 is 11.7 Å². The first-order chi connectivity index (χ1) is 13.8. The van der Waals surface area contributed by atoms with E-state index in [9.17, 15) is 18.0 Å². The molecule has 0 bridgehead atoms. The van der Waals surface area contributed by atoms with Gasteiger partial charge in [0.05, 0.1) is 17.1 Å². The number of halogens is 4. The van der Waals surface area contributed by atoms with Crippen molar-refractivity contribution in [2.45, 2.75) is 19.5 Å². The molecule has 156 valence electrons. The fourth-order valence-electron chi connectivity index (χ4n) is 3.28. The molecule has 5 nitrogen and oxygen atoms in total. The summed E-state index contributed by atoms with van der Waals surface area (Å²) in [5, 5.41) is 2.92. The Bertz CT molecular complexity index is 867. The summed E-state index contributed by atoms with van der Waals surface area (Å²) in [4.78, 5) is 20.1. The van der Waals surface area contributed by atoms with E-state index in [1.807, 2.05) is 41.0 Å². The molecule has 1 fully saturated rings. The highest BCUT2D eigenvalue weighted by molar-refractivity contribution is 6.33. The number of anilines is 2. The Hall–Kier alpha value is -2.32. The number of nitrogens with one attached hydrogen (secondary N) is 1. The maximum atomic E-state index is 12.8. The quantitative estimate of drug-likeness (QED) is 0.782. The van der Waals surface area contributed by atoms with Crippen molar-refractivity contribution in [3.63, 3.8) is 0 Å². The van der Waals surface area contributed by atoms with Gasteiger partial charge >= 0.3 is 6.18 Å². The summed E-state index contributed by atoms with van der Waals surface area (Å²) in [7, 11) is 0. The summed E-state index contributed by atoms with van der Waals surface area (Å²) >= 11 is 6.03. The van der Waals surface area contributed by atoms with Crippen molar-refractivity contribution in [2.75, 3.05) is 42.9 Å². The van der Waals surface area contributed by atoms with Gasteiger partial charge in [0.25, 0.3) is 0 Å². The number of hydrogen-bond donors (Lipinski definition) is 1. The molecule has 1 amide bonds. The smallest absolute Gasteiger partial charge is 0.353 e. The van der Waals surface area contributed by atoms with E-state index in [-0.39, 0.29) is 17.5 Å². The molecule has 1 aliphatic rings. The van der Waals surface area contributed by atoms with E-state index >= 15 is 0 Å². The van der Waals surface area contributed by atoms with Crippen molar-refractivity contribution in [3.05, 3.63) is 52.7 Å². The molecule has 0 atom stereocenters. The third-order valence-corrected chi connectivity index (χ3v) is 5.14. The van der Waals surface area contributed by atoms with Crippen LogP contribution in [0, 0.1) is 0 Å². The topological polar surface area (TPSA) is 48.5 Å². The summed E-state index contributed by atoms with van der Waals surface area (Å²) in [5.41, 5.74) is 1.03. The Morgan fingerprint density at radius 1 is 1.21 bits per heavy atom. The molecule has 1 saturated heterocycles. The number of aromatic nitrogens is 1. The number of rotatable bonds is 5. The van der Waals surface area contributed by atoms with Crippen molar-refractivity contribution in [3.8, 4) is 0 Å². The molecule has 0 aliphatic carbocycles. The van der Waals surface area contributed by atoms with Gasteiger partial charge in [-0.3, -0.25) is 9.69 Å². The number of carbonyl (C=O) groups excluding carboxylic acids is 1. The minimum atomic E-state index is -4.47. The second kappa shape index (κ2) is 9.00. The largest absolute Gasteiger partial charge is 0.417 e. The standard InChI is InChI=1S/C20H22ClF3N4O/c1-2-14-5-3-4-6-17(14)26-18(29)13-27-7-9-28(10-8-27)19-16(21)11-15(12-25-19)20(22,23)24/h3-6,11-12H,2,7-10,13H2,1H3,(H,26,29). The first-order valence-corrected chi connectivity index (χ1v) is 9.73. The predicted octanol–water partition coefficient (Wildman–Crippen LogP) is 4.08. The SMILES string of the molecule is CCc1ccccc1NC(=O)CN1CCN(c2ncc(C(F)(F)F)cc2Cl)CC1. The van der Waals surface area contributed by atoms with Gasteiger partial charge in [0, 0.05) is 38.1 Å². The van der Waals surface area contributed by atoms with Crippen molar-refractivity contribution in [2.24, 2.45) is 0 Å². The van der Waals surface area contributed by atoms with Crippen LogP contribution in [0.25, 0.3) is 0 Å². The van der Waals surface area contributed by atoms with Crippen molar-refractivity contribution in [1.29, 1.82) is 0 Å². The summed E-state index contributed by atoms with van der Waals surface area (Å²) in [6.07, 6.45) is -2.85. The highest BCUT2D eigenvalue weighted by Crippen LogP contribution is 2.33. The maximum absolute atomic E-state index is 12.8. The Labute approximate surface area is 172 Å². The fraction of sp³-hybridized carbons (Fsp3) is 0.400. The lowest BCUT2D eigenvalue weighted by Gasteiger charge is -2.35. The van der Waals surface area contributed by atoms with Crippen LogP contribution in [0.4, 0.5) is 24.7 Å². The van der Waals surface area contributed by atoms with E-state index in [0.29, 0.717) is 32.0 Å². The zero-order valence-corrected chi connectivity index (χ0v) is 16.7. The van der Waals surface area contributed by atoms with Crippen LogP contribution in [0.15, 0.2) is 36.5 Å². The molecule has 3 rings (SSSR count). The van der Waals surface area contributed by atoms with Crippen molar-refractivity contribution < 1.29 is 18.0 Å². The zero-order valence-electron chi connectivity index (χ0n) is 16.0. The number of hydrogen-bond acceptors (Lipinski definition) is 4. The molecule has 0 radical (unpaired) electrons. The molecule has 1 N–H and O–H groups in total. The number of nitrogens with zero attached hydrogens (tertiary/aromatic N) is 3. The number of alkyl halides is 3. The van der Waals surface area contributed by atoms with Crippen LogP contribution in [0.3, 0.4) is 0 Å². The second-order valence-corrected chi connectivity index (χ2v) is 7.26. The van der Waals surface area contributed by atoms with E-state index in [1.54, 1.807) is 0 Å².